The molecule has 0 aliphatic carbocycles. The highest BCUT2D eigenvalue weighted by Gasteiger charge is 2.34. The minimum atomic E-state index is -3.09. The number of sulfone groups is 1. The van der Waals surface area contributed by atoms with Crippen molar-refractivity contribution in [3.63, 3.8) is 0 Å². The molecule has 4 rings (SSSR count). The van der Waals surface area contributed by atoms with Crippen molar-refractivity contribution in [3.05, 3.63) is 47.5 Å². The Morgan fingerprint density at radius 3 is 2.77 bits per heavy atom. The molecule has 0 radical (unpaired) electrons. The summed E-state index contributed by atoms with van der Waals surface area (Å²) in [5, 5.41) is 8.31. The molecule has 35 heavy (non-hydrogen) atoms. The zero-order valence-corrected chi connectivity index (χ0v) is 21.9. The maximum absolute atomic E-state index is 15.0. The van der Waals surface area contributed by atoms with Gasteiger partial charge in [-0.15, -0.1) is 16.6 Å². The van der Waals surface area contributed by atoms with Crippen LogP contribution in [0.4, 0.5) is 10.1 Å². The topological polar surface area (TPSA) is 94.4 Å². The number of hydrogen-bond acceptors (Lipinski definition) is 7. The van der Waals surface area contributed by atoms with Crippen LogP contribution in [-0.2, 0) is 32.3 Å². The van der Waals surface area contributed by atoms with Crippen molar-refractivity contribution in [2.24, 2.45) is 0 Å². The lowest BCUT2D eigenvalue weighted by atomic mass is 10.0. The number of aromatic nitrogens is 3. The van der Waals surface area contributed by atoms with E-state index >= 15 is 0 Å². The van der Waals surface area contributed by atoms with Gasteiger partial charge in [-0.1, -0.05) is 30.9 Å². The fraction of sp³-hybridized carbons (Fsp3) is 0.458. The molecule has 186 valence electrons. The molecule has 2 atom stereocenters. The second kappa shape index (κ2) is 10.0. The quantitative estimate of drug-likeness (QED) is 0.331. The Morgan fingerprint density at radius 1 is 1.31 bits per heavy atom. The molecule has 1 aromatic heterocycles. The smallest absolute Gasteiger partial charge is 0.187 e. The summed E-state index contributed by atoms with van der Waals surface area (Å²) in [7, 11) is -4.53. The van der Waals surface area contributed by atoms with Crippen LogP contribution in [0.1, 0.15) is 17.7 Å². The van der Waals surface area contributed by atoms with Crippen LogP contribution >= 0.6 is 0 Å². The van der Waals surface area contributed by atoms with E-state index < -0.39 is 30.0 Å². The second-order valence-electron chi connectivity index (χ2n) is 9.86. The van der Waals surface area contributed by atoms with E-state index in [1.54, 1.807) is 27.8 Å². The van der Waals surface area contributed by atoms with Gasteiger partial charge in [0.1, 0.15) is 13.9 Å². The molecule has 2 aliphatic rings. The number of rotatable bonds is 6. The number of carbonyl (C=O) groups is 1. The number of anilines is 1. The molecule has 2 aromatic rings. The Kier molecular flexibility index (Phi) is 7.26. The van der Waals surface area contributed by atoms with Crippen molar-refractivity contribution in [1.29, 1.82) is 0 Å². The second-order valence-corrected chi connectivity index (χ2v) is 16.8. The van der Waals surface area contributed by atoms with Gasteiger partial charge in [-0.2, -0.15) is 0 Å². The molecule has 1 fully saturated rings. The predicted molar refractivity (Wildman–Crippen MR) is 135 cm³/mol. The molecule has 0 saturated carbocycles. The molecule has 0 bridgehead atoms. The molecule has 1 aromatic carbocycles. The van der Waals surface area contributed by atoms with Crippen LogP contribution in [0.3, 0.4) is 0 Å². The van der Waals surface area contributed by atoms with E-state index in [0.717, 1.165) is 5.69 Å². The zero-order chi connectivity index (χ0) is 25.2. The van der Waals surface area contributed by atoms with Crippen LogP contribution < -0.4 is 4.90 Å². The molecule has 1 unspecified atom stereocenters. The van der Waals surface area contributed by atoms with Crippen LogP contribution in [0.2, 0.25) is 19.6 Å². The minimum absolute atomic E-state index is 0.0176. The van der Waals surface area contributed by atoms with Gasteiger partial charge in [0.25, 0.3) is 0 Å². The molecule has 0 N–H and O–H groups in total. The van der Waals surface area contributed by atoms with Gasteiger partial charge in [-0.25, -0.2) is 17.5 Å². The number of hydrogen-bond donors (Lipinski definition) is 0. The monoisotopic (exact) mass is 516 g/mol. The summed E-state index contributed by atoms with van der Waals surface area (Å²) in [5.41, 5.74) is 5.67. The van der Waals surface area contributed by atoms with Gasteiger partial charge >= 0.3 is 0 Å². The maximum Gasteiger partial charge on any atom is 0.187 e. The van der Waals surface area contributed by atoms with E-state index in [-0.39, 0.29) is 24.0 Å². The first-order valence-corrected chi connectivity index (χ1v) is 16.8. The third kappa shape index (κ3) is 6.45. The van der Waals surface area contributed by atoms with Crippen LogP contribution in [0.15, 0.2) is 30.5 Å². The first kappa shape index (κ1) is 25.3. The largest absolute Gasteiger partial charge is 0.344 e. The van der Waals surface area contributed by atoms with E-state index in [4.69, 9.17) is 4.74 Å². The standard InChI is InChI=1S/C24H29FN4O4SSi/c1-35(2,3)12-4-5-19-14-28(27-26-19)15-21-16-29(24(17-30)33-21)20-6-7-22(23(25)13-20)18-8-10-34(31,32)11-9-18/h6-8,13-14,17,21,24H,5,9-11,15-16H2,1-3H3/t21-,24?/m0/s1. The molecule has 3 heterocycles. The van der Waals surface area contributed by atoms with Crippen molar-refractivity contribution >= 4 is 35.5 Å². The van der Waals surface area contributed by atoms with Crippen molar-refractivity contribution in [2.75, 3.05) is 23.0 Å². The SMILES string of the molecule is C[Si](C)(C)C#CCc1cn(C[C@H]2CN(c3ccc(C4=CCS(=O)(=O)CC4)c(F)c3)C(C=O)O2)nn1. The maximum atomic E-state index is 15.0. The Hall–Kier alpha value is -2.81. The van der Waals surface area contributed by atoms with E-state index in [1.165, 1.54) is 6.07 Å². The number of aldehydes is 1. The number of benzene rings is 1. The van der Waals surface area contributed by atoms with E-state index in [2.05, 4.69) is 41.4 Å². The third-order valence-corrected chi connectivity index (χ3v) is 8.19. The Morgan fingerprint density at radius 2 is 2.11 bits per heavy atom. The van der Waals surface area contributed by atoms with Crippen molar-refractivity contribution in [1.82, 2.24) is 15.0 Å². The Balaban J connectivity index is 1.43. The van der Waals surface area contributed by atoms with E-state index in [1.807, 2.05) is 6.20 Å². The number of allylic oxidation sites excluding steroid dienone is 1. The fourth-order valence-corrected chi connectivity index (χ4v) is 5.85. The minimum Gasteiger partial charge on any atom is -0.344 e. The molecule has 8 nitrogen and oxygen atoms in total. The molecule has 2 aliphatic heterocycles. The summed E-state index contributed by atoms with van der Waals surface area (Å²) in [6.07, 6.45) is 3.74. The van der Waals surface area contributed by atoms with Crippen molar-refractivity contribution in [3.8, 4) is 11.5 Å². The Labute approximate surface area is 206 Å². The average molecular weight is 517 g/mol. The molecular weight excluding hydrogens is 487 g/mol. The highest BCUT2D eigenvalue weighted by Crippen LogP contribution is 2.31. The molecule has 0 amide bonds. The van der Waals surface area contributed by atoms with Gasteiger partial charge in [-0.3, -0.25) is 4.79 Å². The Bertz CT molecular complexity index is 1310. The molecule has 11 heteroatoms. The molecule has 1 saturated heterocycles. The lowest BCUT2D eigenvalue weighted by Gasteiger charge is -2.22. The summed E-state index contributed by atoms with van der Waals surface area (Å²) in [5.74, 6) is 2.66. The van der Waals surface area contributed by atoms with Gasteiger partial charge in [0.15, 0.2) is 22.4 Å². The summed E-state index contributed by atoms with van der Waals surface area (Å²) in [6.45, 7) is 7.33. The van der Waals surface area contributed by atoms with Crippen LogP contribution in [0.25, 0.3) is 5.57 Å². The van der Waals surface area contributed by atoms with Crippen molar-refractivity contribution in [2.45, 2.75) is 51.4 Å². The summed E-state index contributed by atoms with van der Waals surface area (Å²) in [6, 6.07) is 4.73. The third-order valence-electron chi connectivity index (χ3n) is 5.76. The first-order chi connectivity index (χ1) is 16.5. The molecule has 0 spiro atoms. The van der Waals surface area contributed by atoms with E-state index in [0.29, 0.717) is 42.6 Å². The number of halogens is 1. The first-order valence-electron chi connectivity index (χ1n) is 11.5. The highest BCUT2D eigenvalue weighted by atomic mass is 32.2. The zero-order valence-electron chi connectivity index (χ0n) is 20.1. The number of ether oxygens (including phenoxy) is 1. The highest BCUT2D eigenvalue weighted by molar-refractivity contribution is 7.91. The van der Waals surface area contributed by atoms with Crippen LogP contribution in [0, 0.1) is 17.3 Å². The number of carbonyl (C=O) groups excluding carboxylic acids is 1. The lowest BCUT2D eigenvalue weighted by molar-refractivity contribution is -0.117. The summed E-state index contributed by atoms with van der Waals surface area (Å²) in [4.78, 5) is 13.4. The van der Waals surface area contributed by atoms with Crippen molar-refractivity contribution < 1.29 is 22.3 Å². The van der Waals surface area contributed by atoms with Gasteiger partial charge in [0.05, 0.1) is 36.3 Å². The van der Waals surface area contributed by atoms with Gasteiger partial charge in [0.2, 0.25) is 0 Å². The fourth-order valence-electron chi connectivity index (χ4n) is 4.08. The van der Waals surface area contributed by atoms with Gasteiger partial charge in [0, 0.05) is 24.0 Å². The summed E-state index contributed by atoms with van der Waals surface area (Å²) < 4.78 is 45.8. The van der Waals surface area contributed by atoms with Gasteiger partial charge in [-0.05, 0) is 30.2 Å². The average Bonchev–Trinajstić information content (AvgIpc) is 3.40. The summed E-state index contributed by atoms with van der Waals surface area (Å²) >= 11 is 0. The van der Waals surface area contributed by atoms with Crippen LogP contribution in [-0.4, -0.2) is 68.2 Å². The predicted octanol–water partition coefficient (Wildman–Crippen LogP) is 2.47. The van der Waals surface area contributed by atoms with Crippen LogP contribution in [0.5, 0.6) is 0 Å². The van der Waals surface area contributed by atoms with Gasteiger partial charge < -0.3 is 9.64 Å². The lowest BCUT2D eigenvalue weighted by Crippen LogP contribution is -2.31. The van der Waals surface area contributed by atoms with E-state index in [9.17, 15) is 17.6 Å². The number of nitrogens with zero attached hydrogens (tertiary/aromatic N) is 4. The normalized spacial score (nSPS) is 21.8. The molecular formula is C24H29FN4O4SSi.